The lowest BCUT2D eigenvalue weighted by Gasteiger charge is -2.11. The van der Waals surface area contributed by atoms with E-state index in [0.29, 0.717) is 11.4 Å². The van der Waals surface area contributed by atoms with Crippen LogP contribution in [-0.4, -0.2) is 17.9 Å². The number of aromatic nitrogens is 1. The molecule has 0 bridgehead atoms. The van der Waals surface area contributed by atoms with Gasteiger partial charge in [-0.25, -0.2) is 0 Å². The Morgan fingerprint density at radius 1 is 1.40 bits per heavy atom. The number of nitrogens with two attached hydrogens (primary N) is 1. The Bertz CT molecular complexity index is 632. The van der Waals surface area contributed by atoms with E-state index in [0.717, 1.165) is 15.8 Å². The minimum Gasteiger partial charge on any atom is -0.497 e. The van der Waals surface area contributed by atoms with E-state index in [1.165, 1.54) is 0 Å². The first kappa shape index (κ1) is 14.3. The first-order valence-electron chi connectivity index (χ1n) is 5.86. The summed E-state index contributed by atoms with van der Waals surface area (Å²) in [7, 11) is 1.61. The van der Waals surface area contributed by atoms with Gasteiger partial charge in [0.15, 0.2) is 0 Å². The second-order valence-electron chi connectivity index (χ2n) is 4.01. The molecule has 0 amide bonds. The highest BCUT2D eigenvalue weighted by atomic mass is 79.9. The number of rotatable bonds is 5. The zero-order chi connectivity index (χ0) is 14.5. The number of methoxy groups -OCH3 is 1. The van der Waals surface area contributed by atoms with E-state index < -0.39 is 0 Å². The molecule has 0 aliphatic rings. The summed E-state index contributed by atoms with van der Waals surface area (Å²) in [5.74, 6) is 1.36. The predicted molar refractivity (Wildman–Crippen MR) is 80.3 cm³/mol. The number of benzene rings is 1. The van der Waals surface area contributed by atoms with Crippen LogP contribution >= 0.6 is 15.9 Å². The van der Waals surface area contributed by atoms with E-state index in [1.807, 2.05) is 24.3 Å². The normalized spacial score (nSPS) is 10.1. The number of pyridine rings is 1. The molecule has 104 valence electrons. The third-order valence-corrected chi connectivity index (χ3v) is 3.29. The van der Waals surface area contributed by atoms with Crippen LogP contribution in [0.3, 0.4) is 0 Å². The molecule has 0 saturated heterocycles. The van der Waals surface area contributed by atoms with Gasteiger partial charge in [0.05, 0.1) is 11.6 Å². The summed E-state index contributed by atoms with van der Waals surface area (Å²) in [6, 6.07) is 9.07. The van der Waals surface area contributed by atoms with E-state index in [4.69, 9.17) is 20.6 Å². The van der Waals surface area contributed by atoms with Crippen LogP contribution in [0.15, 0.2) is 41.0 Å². The lowest BCUT2D eigenvalue weighted by Crippen LogP contribution is -2.16. The van der Waals surface area contributed by atoms with Crippen LogP contribution < -0.4 is 15.2 Å². The van der Waals surface area contributed by atoms with Gasteiger partial charge in [0.1, 0.15) is 29.6 Å². The molecule has 1 aromatic heterocycles. The van der Waals surface area contributed by atoms with E-state index in [-0.39, 0.29) is 12.4 Å². The number of amidine groups is 1. The number of hydrogen-bond donors (Lipinski definition) is 2. The molecule has 1 aromatic carbocycles. The average molecular weight is 336 g/mol. The van der Waals surface area contributed by atoms with Gasteiger partial charge in [-0.15, -0.1) is 0 Å². The summed E-state index contributed by atoms with van der Waals surface area (Å²) in [6.07, 6.45) is 1.60. The highest BCUT2D eigenvalue weighted by Gasteiger charge is 2.08. The maximum Gasteiger partial charge on any atom is 0.142 e. The number of nitrogen functional groups attached to an aromatic ring is 1. The molecule has 3 N–H and O–H groups in total. The molecule has 0 aliphatic carbocycles. The fourth-order valence-corrected chi connectivity index (χ4v) is 2.15. The van der Waals surface area contributed by atoms with Gasteiger partial charge in [-0.3, -0.25) is 10.4 Å². The molecule has 0 fully saturated rings. The summed E-state index contributed by atoms with van der Waals surface area (Å²) in [5.41, 5.74) is 6.70. The summed E-state index contributed by atoms with van der Waals surface area (Å²) in [4.78, 5) is 4.08. The van der Waals surface area contributed by atoms with Crippen molar-refractivity contribution in [2.24, 2.45) is 5.73 Å². The third kappa shape index (κ3) is 3.27. The van der Waals surface area contributed by atoms with Crippen LogP contribution in [0.1, 0.15) is 11.3 Å². The van der Waals surface area contributed by atoms with Crippen LogP contribution in [0.25, 0.3) is 0 Å². The fraction of sp³-hybridized carbons (Fsp3) is 0.143. The first-order valence-corrected chi connectivity index (χ1v) is 6.65. The van der Waals surface area contributed by atoms with Crippen LogP contribution in [-0.2, 0) is 6.61 Å². The Morgan fingerprint density at radius 2 is 2.20 bits per heavy atom. The molecule has 5 nitrogen and oxygen atoms in total. The van der Waals surface area contributed by atoms with E-state index in [2.05, 4.69) is 20.9 Å². The van der Waals surface area contributed by atoms with Crippen molar-refractivity contribution < 1.29 is 9.47 Å². The van der Waals surface area contributed by atoms with E-state index in [1.54, 1.807) is 19.4 Å². The molecule has 1 heterocycles. The number of halogens is 1. The second kappa shape index (κ2) is 6.38. The summed E-state index contributed by atoms with van der Waals surface area (Å²) >= 11 is 3.42. The Hall–Kier alpha value is -2.08. The Labute approximate surface area is 125 Å². The summed E-state index contributed by atoms with van der Waals surface area (Å²) in [5, 5.41) is 7.49. The van der Waals surface area contributed by atoms with Crippen molar-refractivity contribution in [2.75, 3.05) is 7.11 Å². The van der Waals surface area contributed by atoms with Crippen molar-refractivity contribution in [1.82, 2.24) is 4.98 Å². The Morgan fingerprint density at radius 3 is 2.85 bits per heavy atom. The van der Waals surface area contributed by atoms with Crippen LogP contribution in [0.2, 0.25) is 0 Å². The minimum absolute atomic E-state index is 0.0713. The van der Waals surface area contributed by atoms with Gasteiger partial charge in [0.2, 0.25) is 0 Å². The molecule has 0 saturated carbocycles. The molecule has 0 atom stereocenters. The summed E-state index contributed by atoms with van der Waals surface area (Å²) in [6.45, 7) is 0.285. The standard InChI is InChI=1S/C14H14BrN3O2/c1-19-10-4-5-12(11(15)7-10)20-8-9-3-2-6-18-13(9)14(16)17/h2-7H,8H2,1H3,(H3,16,17). The Kier molecular flexibility index (Phi) is 4.57. The fourth-order valence-electron chi connectivity index (χ4n) is 1.68. The van der Waals surface area contributed by atoms with Crippen LogP contribution in [0.5, 0.6) is 11.5 Å². The van der Waals surface area contributed by atoms with Gasteiger partial charge in [0, 0.05) is 11.8 Å². The molecule has 0 radical (unpaired) electrons. The number of nitrogens with one attached hydrogen (secondary N) is 1. The number of hydrogen-bond acceptors (Lipinski definition) is 4. The maximum atomic E-state index is 7.49. The molecule has 20 heavy (non-hydrogen) atoms. The van der Waals surface area contributed by atoms with Gasteiger partial charge in [0.25, 0.3) is 0 Å². The zero-order valence-electron chi connectivity index (χ0n) is 10.9. The van der Waals surface area contributed by atoms with Crippen molar-refractivity contribution in [3.05, 3.63) is 52.3 Å². The number of ether oxygens (including phenoxy) is 2. The highest BCUT2D eigenvalue weighted by Crippen LogP contribution is 2.29. The lowest BCUT2D eigenvalue weighted by molar-refractivity contribution is 0.302. The molecular weight excluding hydrogens is 322 g/mol. The van der Waals surface area contributed by atoms with E-state index >= 15 is 0 Å². The van der Waals surface area contributed by atoms with Gasteiger partial charge in [-0.1, -0.05) is 6.07 Å². The quantitative estimate of drug-likeness (QED) is 0.650. The molecule has 0 spiro atoms. The largest absolute Gasteiger partial charge is 0.497 e. The topological polar surface area (TPSA) is 81.2 Å². The van der Waals surface area contributed by atoms with Gasteiger partial charge >= 0.3 is 0 Å². The van der Waals surface area contributed by atoms with Crippen molar-refractivity contribution in [1.29, 1.82) is 5.41 Å². The molecular formula is C14H14BrN3O2. The van der Waals surface area contributed by atoms with Crippen LogP contribution in [0, 0.1) is 5.41 Å². The van der Waals surface area contributed by atoms with Crippen LogP contribution in [0.4, 0.5) is 0 Å². The van der Waals surface area contributed by atoms with Gasteiger partial charge in [-0.2, -0.15) is 0 Å². The van der Waals surface area contributed by atoms with Crippen molar-refractivity contribution in [3.8, 4) is 11.5 Å². The smallest absolute Gasteiger partial charge is 0.142 e. The molecule has 0 unspecified atom stereocenters. The monoisotopic (exact) mass is 335 g/mol. The average Bonchev–Trinajstić information content (AvgIpc) is 2.46. The van der Waals surface area contributed by atoms with Crippen molar-refractivity contribution >= 4 is 21.8 Å². The predicted octanol–water partition coefficient (Wildman–Crippen LogP) is 2.72. The number of nitrogens with zero attached hydrogens (tertiary/aromatic N) is 1. The highest BCUT2D eigenvalue weighted by molar-refractivity contribution is 9.10. The first-order chi connectivity index (χ1) is 9.61. The Balaban J connectivity index is 2.15. The maximum absolute atomic E-state index is 7.49. The third-order valence-electron chi connectivity index (χ3n) is 2.67. The molecule has 2 rings (SSSR count). The summed E-state index contributed by atoms with van der Waals surface area (Å²) < 4.78 is 11.6. The second-order valence-corrected chi connectivity index (χ2v) is 4.86. The lowest BCUT2D eigenvalue weighted by atomic mass is 10.2. The minimum atomic E-state index is -0.0713. The van der Waals surface area contributed by atoms with Crippen molar-refractivity contribution in [2.45, 2.75) is 6.61 Å². The molecule has 6 heteroatoms. The SMILES string of the molecule is COc1ccc(OCc2cccnc2C(=N)N)c(Br)c1. The molecule has 2 aromatic rings. The zero-order valence-corrected chi connectivity index (χ0v) is 12.5. The van der Waals surface area contributed by atoms with Gasteiger partial charge in [-0.05, 0) is 40.2 Å². The van der Waals surface area contributed by atoms with Gasteiger partial charge < -0.3 is 15.2 Å². The van der Waals surface area contributed by atoms with E-state index in [9.17, 15) is 0 Å². The van der Waals surface area contributed by atoms with Crippen molar-refractivity contribution in [3.63, 3.8) is 0 Å². The molecule has 0 aliphatic heterocycles.